The zero-order chi connectivity index (χ0) is 21.3. The van der Waals surface area contributed by atoms with E-state index in [4.69, 9.17) is 0 Å². The number of sulfone groups is 1. The van der Waals surface area contributed by atoms with Crippen molar-refractivity contribution in [3.63, 3.8) is 0 Å². The van der Waals surface area contributed by atoms with E-state index in [1.807, 2.05) is 24.9 Å². The molecule has 0 aliphatic carbocycles. The Morgan fingerprint density at radius 3 is 2.70 bits per heavy atom. The molecular weight excluding hydrogens is 398 g/mol. The van der Waals surface area contributed by atoms with Crippen LogP contribution in [0, 0.1) is 0 Å². The normalized spacial score (nSPS) is 16.8. The molecule has 3 aromatic rings. The van der Waals surface area contributed by atoms with E-state index in [0.29, 0.717) is 24.3 Å². The summed E-state index contributed by atoms with van der Waals surface area (Å²) < 4.78 is 25.2. The van der Waals surface area contributed by atoms with Crippen molar-refractivity contribution in [1.29, 1.82) is 0 Å². The second-order valence-corrected chi connectivity index (χ2v) is 10.4. The van der Waals surface area contributed by atoms with Crippen LogP contribution in [-0.4, -0.2) is 47.5 Å². The third-order valence-electron chi connectivity index (χ3n) is 5.98. The van der Waals surface area contributed by atoms with Crippen LogP contribution in [0.15, 0.2) is 36.8 Å². The zero-order valence-electron chi connectivity index (χ0n) is 17.8. The van der Waals surface area contributed by atoms with Crippen LogP contribution in [0.3, 0.4) is 0 Å². The zero-order valence-corrected chi connectivity index (χ0v) is 18.6. The summed E-state index contributed by atoms with van der Waals surface area (Å²) in [5.74, 6) is 1.47. The number of hydrogen-bond acceptors (Lipinski definition) is 6. The van der Waals surface area contributed by atoms with Crippen LogP contribution in [0.25, 0.3) is 11.0 Å². The molecule has 0 bridgehead atoms. The summed E-state index contributed by atoms with van der Waals surface area (Å²) in [6, 6.07) is 8.86. The lowest BCUT2D eigenvalue weighted by Crippen LogP contribution is -2.37. The first-order valence-corrected chi connectivity index (χ1v) is 12.2. The number of anilines is 2. The van der Waals surface area contributed by atoms with Gasteiger partial charge in [0.25, 0.3) is 0 Å². The van der Waals surface area contributed by atoms with Crippen LogP contribution < -0.4 is 10.2 Å². The van der Waals surface area contributed by atoms with Gasteiger partial charge >= 0.3 is 0 Å². The molecular formula is C22H29N5O2S. The predicted molar refractivity (Wildman–Crippen MR) is 121 cm³/mol. The maximum atomic E-state index is 11.6. The van der Waals surface area contributed by atoms with E-state index in [1.54, 1.807) is 6.33 Å². The number of imidazole rings is 1. The van der Waals surface area contributed by atoms with E-state index in [9.17, 15) is 8.42 Å². The highest BCUT2D eigenvalue weighted by Gasteiger charge is 2.23. The van der Waals surface area contributed by atoms with Crippen LogP contribution >= 0.6 is 0 Å². The van der Waals surface area contributed by atoms with Crippen molar-refractivity contribution < 1.29 is 8.42 Å². The number of nitrogens with one attached hydrogen (secondary N) is 1. The fraction of sp³-hybridized carbons (Fsp3) is 0.455. The molecule has 0 amide bonds. The molecule has 7 nitrogen and oxygen atoms in total. The predicted octanol–water partition coefficient (Wildman–Crippen LogP) is 2.97. The molecule has 1 aliphatic heterocycles. The number of fused-ring (bicyclic) bond motifs is 1. The van der Waals surface area contributed by atoms with E-state index in [1.165, 1.54) is 11.1 Å². The Morgan fingerprint density at radius 2 is 1.97 bits per heavy atom. The number of aromatic nitrogens is 3. The number of nitrogens with zero attached hydrogens (tertiary/aromatic N) is 4. The third-order valence-corrected chi connectivity index (χ3v) is 7.69. The molecule has 1 aliphatic rings. The van der Waals surface area contributed by atoms with Gasteiger partial charge in [-0.3, -0.25) is 0 Å². The molecule has 0 atom stereocenters. The molecule has 8 heteroatoms. The highest BCUT2D eigenvalue weighted by molar-refractivity contribution is 7.91. The first-order valence-electron chi connectivity index (χ1n) is 10.4. The Kier molecular flexibility index (Phi) is 5.79. The van der Waals surface area contributed by atoms with Gasteiger partial charge in [0.2, 0.25) is 0 Å². The molecule has 30 heavy (non-hydrogen) atoms. The van der Waals surface area contributed by atoms with Crippen molar-refractivity contribution in [1.82, 2.24) is 19.9 Å². The quantitative estimate of drug-likeness (QED) is 0.652. The molecule has 0 spiro atoms. The summed E-state index contributed by atoms with van der Waals surface area (Å²) in [5.41, 5.74) is 5.56. The lowest BCUT2D eigenvalue weighted by atomic mass is 10.0. The first-order chi connectivity index (χ1) is 14.4. The highest BCUT2D eigenvalue weighted by Crippen LogP contribution is 2.29. The van der Waals surface area contributed by atoms with Crippen molar-refractivity contribution >= 4 is 32.4 Å². The second-order valence-electron chi connectivity index (χ2n) is 8.07. The molecule has 1 N–H and O–H groups in total. The number of pyridine rings is 1. The minimum absolute atomic E-state index is 0.274. The van der Waals surface area contributed by atoms with Crippen molar-refractivity contribution in [3.8, 4) is 0 Å². The average Bonchev–Trinajstić information content (AvgIpc) is 3.12. The summed E-state index contributed by atoms with van der Waals surface area (Å²) in [6.45, 7) is 2.91. The minimum Gasteiger partial charge on any atom is -0.334 e. The van der Waals surface area contributed by atoms with Crippen LogP contribution in [0.5, 0.6) is 0 Å². The molecule has 160 valence electrons. The fourth-order valence-electron chi connectivity index (χ4n) is 4.04. The lowest BCUT2D eigenvalue weighted by Gasteiger charge is -2.24. The Morgan fingerprint density at radius 1 is 1.20 bits per heavy atom. The van der Waals surface area contributed by atoms with Gasteiger partial charge in [-0.05, 0) is 36.5 Å². The topological polar surface area (TPSA) is 80.1 Å². The summed E-state index contributed by atoms with van der Waals surface area (Å²) in [7, 11) is 1.21. The number of aryl methyl sites for hydroxylation is 2. The smallest absolute Gasteiger partial charge is 0.150 e. The summed E-state index contributed by atoms with van der Waals surface area (Å²) in [4.78, 5) is 11.1. The van der Waals surface area contributed by atoms with Gasteiger partial charge < -0.3 is 14.8 Å². The number of hydrogen-bond donors (Lipinski definition) is 1. The maximum absolute atomic E-state index is 11.6. The second kappa shape index (κ2) is 8.35. The van der Waals surface area contributed by atoms with E-state index in [2.05, 4.69) is 51.4 Å². The summed E-state index contributed by atoms with van der Waals surface area (Å²) in [5, 5.41) is 3.53. The Labute approximate surface area is 178 Å². The maximum Gasteiger partial charge on any atom is 0.150 e. The molecule has 4 rings (SSSR count). The number of benzene rings is 1. The largest absolute Gasteiger partial charge is 0.334 e. The van der Waals surface area contributed by atoms with Gasteiger partial charge in [-0.2, -0.15) is 0 Å². The summed E-state index contributed by atoms with van der Waals surface area (Å²) in [6.07, 6.45) is 5.94. The average molecular weight is 428 g/mol. The van der Waals surface area contributed by atoms with E-state index in [-0.39, 0.29) is 6.04 Å². The van der Waals surface area contributed by atoms with E-state index >= 15 is 0 Å². The van der Waals surface area contributed by atoms with Crippen LogP contribution in [0.4, 0.5) is 11.5 Å². The Hall–Kier alpha value is -2.45. The van der Waals surface area contributed by atoms with Crippen LogP contribution in [-0.2, 0) is 29.9 Å². The van der Waals surface area contributed by atoms with E-state index in [0.717, 1.165) is 35.5 Å². The van der Waals surface area contributed by atoms with Crippen LogP contribution in [0.2, 0.25) is 0 Å². The van der Waals surface area contributed by atoms with Crippen molar-refractivity contribution in [2.45, 2.75) is 38.8 Å². The van der Waals surface area contributed by atoms with Gasteiger partial charge in [0.05, 0.1) is 29.5 Å². The van der Waals surface area contributed by atoms with Gasteiger partial charge in [0, 0.05) is 38.4 Å². The highest BCUT2D eigenvalue weighted by atomic mass is 32.2. The van der Waals surface area contributed by atoms with E-state index < -0.39 is 9.84 Å². The van der Waals surface area contributed by atoms with Gasteiger partial charge in [-0.25, -0.2) is 18.4 Å². The van der Waals surface area contributed by atoms with Crippen molar-refractivity contribution in [2.24, 2.45) is 7.05 Å². The molecule has 1 saturated heterocycles. The molecule has 1 fully saturated rings. The van der Waals surface area contributed by atoms with Gasteiger partial charge in [-0.1, -0.05) is 19.1 Å². The molecule has 0 saturated carbocycles. The monoisotopic (exact) mass is 427 g/mol. The first kappa shape index (κ1) is 20.8. The molecule has 0 radical (unpaired) electrons. The lowest BCUT2D eigenvalue weighted by molar-refractivity contribution is 0.463. The Bertz CT molecular complexity index is 1140. The Balaban J connectivity index is 1.49. The van der Waals surface area contributed by atoms with Crippen molar-refractivity contribution in [2.75, 3.05) is 23.5 Å². The number of rotatable bonds is 6. The summed E-state index contributed by atoms with van der Waals surface area (Å²) >= 11 is 0. The minimum atomic E-state index is -2.82. The van der Waals surface area contributed by atoms with Crippen LogP contribution in [0.1, 0.15) is 30.9 Å². The molecule has 2 aromatic heterocycles. The SMILES string of the molecule is CCc1cc(CNC2CCS(=O)(=O)CC2)ccc1N(C)c1cc2c(cn1)ncn2C. The third kappa shape index (κ3) is 4.34. The van der Waals surface area contributed by atoms with Gasteiger partial charge in [0.15, 0.2) is 0 Å². The standard InChI is InChI=1S/C22H29N5O2S/c1-4-17-11-16(13-23-18-7-9-30(28,29)10-8-18)5-6-20(17)27(3)22-12-21-19(14-24-22)25-15-26(21)2/h5-6,11-12,14-15,18,23H,4,7-10,13H2,1-3H3. The van der Waals surface area contributed by atoms with Gasteiger partial charge in [0.1, 0.15) is 21.2 Å². The molecule has 1 aromatic carbocycles. The fourth-order valence-corrected chi connectivity index (χ4v) is 5.53. The van der Waals surface area contributed by atoms with Crippen molar-refractivity contribution in [3.05, 3.63) is 47.9 Å². The van der Waals surface area contributed by atoms with Gasteiger partial charge in [-0.15, -0.1) is 0 Å². The molecule has 0 unspecified atom stereocenters. The molecule has 3 heterocycles.